The van der Waals surface area contributed by atoms with Crippen molar-refractivity contribution in [1.29, 1.82) is 0 Å². The summed E-state index contributed by atoms with van der Waals surface area (Å²) in [5, 5.41) is 96.1. The molecule has 4 saturated carbocycles. The Labute approximate surface area is 626 Å². The standard InChI is InChI=1S/C76H92N12O19S/c1-9-53(89)62(94)63(95)64(96)76(105,69(102)103)51-29-46(80-65(97)42(4)79-67(99)60(41(2)3)83-57(91)32-87-58(92)21-22-59(87)93)18-17-45(51)33-106-71(104)85(26-24-56(90)77-8)27-28-107-75-37-72(6)34-73(7,38-75)36-74(35-72,39-75)40-88-43(5)49(30-78-88)47-19-20-55(82-61(47)68(100)101)86-25-23-44-13-12-14-48(50(44)31-86)66(98)84-70-81-52-15-10-11-16-54(52)108-70/h10-22,29-30,41-42,53,60,62-64,89,94-96,105H,9,23-28,31-40H2,1-8H3,(H,77,90)(H,79,99)(H,80,97)(H,83,91)(H,100,101)(H,102,103)(H,81,84,98)/t42-,53-,60-,62-,63+,64-,72?,73?,74?,75?,76-/m0/s1. The number of hydrogen-bond donors (Lipinski definition) is 12. The minimum Gasteiger partial charge on any atom is -0.479 e. The lowest BCUT2D eigenvalue weighted by Crippen LogP contribution is -2.64. The van der Waals surface area contributed by atoms with Crippen LogP contribution in [-0.4, -0.2) is 207 Å². The van der Waals surface area contributed by atoms with Gasteiger partial charge < -0.3 is 76.3 Å². The van der Waals surface area contributed by atoms with Crippen LogP contribution in [0.3, 0.4) is 0 Å². The first kappa shape index (κ1) is 79.0. The van der Waals surface area contributed by atoms with Crippen LogP contribution >= 0.6 is 11.3 Å². The SMILES string of the molecule is CC[C@H](O)[C@H](O)[C@@H](O)[C@H](O)[C@](O)(C(=O)O)c1cc(NC(=O)[C@H](C)NC(=O)[C@@H](NC(=O)CN2C(=O)C=CC2=O)C(C)C)ccc1COC(=O)N(CCOC12CC3(C)CC(C)(CC(Cn4ncc(-c5ccc(N6CCc7cccc(C(=O)Nc8nc9ccccc9s8)c7C6)nc5C(=O)O)c4C)(C3)C1)C2)CCC(=O)NC. The van der Waals surface area contributed by atoms with Crippen molar-refractivity contribution >= 4 is 97.6 Å². The Morgan fingerprint density at radius 3 is 2.17 bits per heavy atom. The number of carboxylic acids is 2. The normalized spacial score (nSPS) is 22.2. The molecule has 2 aliphatic heterocycles. The van der Waals surface area contributed by atoms with Gasteiger partial charge >= 0.3 is 18.0 Å². The molecule has 4 bridgehead atoms. The van der Waals surface area contributed by atoms with Crippen LogP contribution in [0.25, 0.3) is 21.3 Å². The molecule has 12 N–H and O–H groups in total. The lowest BCUT2D eigenvalue weighted by Gasteiger charge is -2.69. The van der Waals surface area contributed by atoms with Crippen molar-refractivity contribution in [3.8, 4) is 11.1 Å². The minimum atomic E-state index is -3.60. The van der Waals surface area contributed by atoms with Gasteiger partial charge in [0.2, 0.25) is 29.2 Å². The molecule has 6 aliphatic rings. The Morgan fingerprint density at radius 1 is 0.787 bits per heavy atom. The molecule has 0 spiro atoms. The number of carboxylic acid groups (broad SMARTS) is 2. The number of aliphatic hydroxyl groups is 5. The molecule has 4 fully saturated rings. The fourth-order valence-corrected chi connectivity index (χ4v) is 18.1. The van der Waals surface area contributed by atoms with E-state index in [4.69, 9.17) is 19.6 Å². The summed E-state index contributed by atoms with van der Waals surface area (Å²) in [4.78, 5) is 146. The summed E-state index contributed by atoms with van der Waals surface area (Å²) in [6, 6.07) is 17.4. The van der Waals surface area contributed by atoms with Gasteiger partial charge in [-0.1, -0.05) is 76.3 Å². The van der Waals surface area contributed by atoms with E-state index in [9.17, 15) is 83.7 Å². The topological polar surface area (TPSA) is 444 Å². The van der Waals surface area contributed by atoms with Crippen molar-refractivity contribution in [2.45, 2.75) is 174 Å². The molecule has 2 unspecified atom stereocenters. The number of aliphatic carboxylic acids is 1. The maximum absolute atomic E-state index is 14.5. The molecule has 9 atom stereocenters. The van der Waals surface area contributed by atoms with Crippen molar-refractivity contribution in [2.75, 3.05) is 55.4 Å². The van der Waals surface area contributed by atoms with E-state index in [0.717, 1.165) is 70.6 Å². The largest absolute Gasteiger partial charge is 0.479 e. The van der Waals surface area contributed by atoms with E-state index in [-0.39, 0.29) is 71.6 Å². The first-order valence-corrected chi connectivity index (χ1v) is 36.7. The van der Waals surface area contributed by atoms with E-state index in [1.807, 2.05) is 52.9 Å². The number of ether oxygens (including phenoxy) is 2. The van der Waals surface area contributed by atoms with E-state index in [1.54, 1.807) is 38.2 Å². The average molecular weight is 1510 g/mol. The molecule has 8 amide bonds. The van der Waals surface area contributed by atoms with Crippen molar-refractivity contribution in [1.82, 2.24) is 45.5 Å². The Balaban J connectivity index is 0.781. The third-order valence-electron chi connectivity index (χ3n) is 21.5. The van der Waals surface area contributed by atoms with Gasteiger partial charge in [-0.25, -0.2) is 24.4 Å². The summed E-state index contributed by atoms with van der Waals surface area (Å²) in [6.45, 7) is 11.7. The Morgan fingerprint density at radius 2 is 1.50 bits per heavy atom. The molecule has 3 aromatic heterocycles. The molecule has 0 saturated heterocycles. The second-order valence-corrected chi connectivity index (χ2v) is 31.4. The number of hydrogen-bond acceptors (Lipinski definition) is 22. The second kappa shape index (κ2) is 31.6. The molecule has 32 heteroatoms. The lowest BCUT2D eigenvalue weighted by molar-refractivity contribution is -0.248. The zero-order chi connectivity index (χ0) is 78.1. The number of thiazole rings is 1. The number of para-hydroxylation sites is 1. The van der Waals surface area contributed by atoms with Crippen LogP contribution in [0.2, 0.25) is 0 Å². The summed E-state index contributed by atoms with van der Waals surface area (Å²) in [6.07, 6.45) is -1.80. The molecular formula is C76H92N12O19S. The number of fused-ring (bicyclic) bond motifs is 2. The molecule has 576 valence electrons. The number of carbonyl (C=O) groups excluding carboxylic acids is 8. The van der Waals surface area contributed by atoms with Crippen molar-refractivity contribution in [2.24, 2.45) is 22.2 Å². The van der Waals surface area contributed by atoms with Gasteiger partial charge in [0.1, 0.15) is 49.4 Å². The highest BCUT2D eigenvalue weighted by Gasteiger charge is 2.66. The monoisotopic (exact) mass is 1510 g/mol. The molecule has 4 aliphatic carbocycles. The number of pyridine rings is 1. The van der Waals surface area contributed by atoms with Gasteiger partial charge in [-0.3, -0.25) is 48.5 Å². The lowest BCUT2D eigenvalue weighted by atomic mass is 9.39. The number of aliphatic hydroxyl groups excluding tert-OH is 4. The highest BCUT2D eigenvalue weighted by Crippen LogP contribution is 2.72. The van der Waals surface area contributed by atoms with Crippen molar-refractivity contribution < 1.29 is 93.2 Å². The summed E-state index contributed by atoms with van der Waals surface area (Å²) >= 11 is 1.38. The van der Waals surface area contributed by atoms with E-state index in [2.05, 4.69) is 45.4 Å². The fraction of sp³-hybridized carbons (Fsp3) is 0.487. The van der Waals surface area contributed by atoms with Gasteiger partial charge in [-0.2, -0.15) is 5.10 Å². The predicted octanol–water partition coefficient (Wildman–Crippen LogP) is 4.92. The molecule has 3 aromatic carbocycles. The van der Waals surface area contributed by atoms with Crippen LogP contribution in [-0.2, 0) is 74.8 Å². The number of aromatic carboxylic acids is 1. The second-order valence-electron chi connectivity index (χ2n) is 30.4. The van der Waals surface area contributed by atoms with E-state index in [1.165, 1.54) is 43.2 Å². The molecule has 12 rings (SSSR count). The van der Waals surface area contributed by atoms with Gasteiger partial charge in [-0.15, -0.1) is 0 Å². The van der Waals surface area contributed by atoms with E-state index >= 15 is 0 Å². The zero-order valence-corrected chi connectivity index (χ0v) is 62.1. The first-order valence-electron chi connectivity index (χ1n) is 35.9. The fourth-order valence-electron chi connectivity index (χ4n) is 17.2. The molecule has 0 radical (unpaired) electrons. The number of imide groups is 1. The summed E-state index contributed by atoms with van der Waals surface area (Å²) < 4.78 is 15.8. The van der Waals surface area contributed by atoms with Crippen LogP contribution in [0.5, 0.6) is 0 Å². The molecule has 31 nitrogen and oxygen atoms in total. The Hall–Kier alpha value is -10.1. The summed E-state index contributed by atoms with van der Waals surface area (Å²) in [5.74, 6) is -8.39. The van der Waals surface area contributed by atoms with Crippen molar-refractivity contribution in [3.05, 3.63) is 130 Å². The number of aromatic nitrogens is 4. The summed E-state index contributed by atoms with van der Waals surface area (Å²) in [5.41, 5.74) is -1.71. The molecule has 5 heterocycles. The van der Waals surface area contributed by atoms with Gasteiger partial charge in [0.25, 0.3) is 17.7 Å². The van der Waals surface area contributed by atoms with Crippen LogP contribution in [0.15, 0.2) is 91.1 Å². The van der Waals surface area contributed by atoms with Gasteiger partial charge in [-0.05, 0) is 147 Å². The minimum absolute atomic E-state index is 0.0382. The van der Waals surface area contributed by atoms with Crippen molar-refractivity contribution in [3.63, 3.8) is 0 Å². The van der Waals surface area contributed by atoms with Crippen LogP contribution in [0.1, 0.15) is 142 Å². The Bertz CT molecular complexity index is 4490. The van der Waals surface area contributed by atoms with Crippen LogP contribution < -0.4 is 31.5 Å². The molecular weight excluding hydrogens is 1420 g/mol. The number of rotatable bonds is 31. The number of benzene rings is 3. The quantitative estimate of drug-likeness (QED) is 0.0257. The predicted molar refractivity (Wildman–Crippen MR) is 393 cm³/mol. The molecule has 108 heavy (non-hydrogen) atoms. The number of nitrogens with zero attached hydrogens (tertiary/aromatic N) is 7. The number of nitrogens with one attached hydrogen (secondary N) is 5. The maximum Gasteiger partial charge on any atom is 0.410 e. The summed E-state index contributed by atoms with van der Waals surface area (Å²) in [7, 11) is 1.42. The highest BCUT2D eigenvalue weighted by molar-refractivity contribution is 7.22. The van der Waals surface area contributed by atoms with Gasteiger partial charge in [0, 0.05) is 92.0 Å². The average Bonchev–Trinajstić information content (AvgIpc) is 0.725. The van der Waals surface area contributed by atoms with E-state index in [0.29, 0.717) is 77.9 Å². The van der Waals surface area contributed by atoms with E-state index < -0.39 is 126 Å². The Kier molecular flexibility index (Phi) is 23.1. The molecule has 6 aromatic rings. The van der Waals surface area contributed by atoms with Gasteiger partial charge in [0.05, 0.1) is 34.7 Å². The maximum atomic E-state index is 14.5. The van der Waals surface area contributed by atoms with Crippen LogP contribution in [0.4, 0.5) is 21.4 Å². The van der Waals surface area contributed by atoms with Crippen LogP contribution in [0, 0.1) is 29.1 Å². The van der Waals surface area contributed by atoms with Gasteiger partial charge in [0.15, 0.2) is 10.8 Å². The number of anilines is 3. The highest BCUT2D eigenvalue weighted by atomic mass is 32.1. The third-order valence-corrected chi connectivity index (χ3v) is 22.4. The first-order chi connectivity index (χ1) is 51.1. The number of carbonyl (C=O) groups is 10. The zero-order valence-electron chi connectivity index (χ0n) is 61.3. The third kappa shape index (κ3) is 16.6. The number of amides is 8. The smallest absolute Gasteiger partial charge is 0.410 e.